The highest BCUT2D eigenvalue weighted by atomic mass is 16.5. The third-order valence-electron chi connectivity index (χ3n) is 7.33. The van der Waals surface area contributed by atoms with Gasteiger partial charge in [-0.25, -0.2) is 0 Å². The number of aryl methyl sites for hydroxylation is 1. The maximum absolute atomic E-state index is 13.7. The van der Waals surface area contributed by atoms with Gasteiger partial charge in [0.1, 0.15) is 0 Å². The molecule has 1 aromatic heterocycles. The minimum absolute atomic E-state index is 0.0374. The maximum Gasteiger partial charge on any atom is 0.254 e. The lowest BCUT2D eigenvalue weighted by Crippen LogP contribution is -2.43. The largest absolute Gasteiger partial charge is 0.385 e. The van der Waals surface area contributed by atoms with Gasteiger partial charge in [-0.15, -0.1) is 0 Å². The molecule has 2 amide bonds. The molecule has 2 heterocycles. The maximum atomic E-state index is 13.7. The number of aromatic nitrogens is 1. The number of carbonyl (C=O) groups excluding carboxylic acids is 2. The summed E-state index contributed by atoms with van der Waals surface area (Å²) in [7, 11) is 1.72. The van der Waals surface area contributed by atoms with Crippen molar-refractivity contribution in [2.24, 2.45) is 11.8 Å². The van der Waals surface area contributed by atoms with Gasteiger partial charge in [-0.2, -0.15) is 0 Å². The molecule has 0 radical (unpaired) electrons. The molecule has 0 bridgehead atoms. The summed E-state index contributed by atoms with van der Waals surface area (Å²) in [4.78, 5) is 28.2. The zero-order chi connectivity index (χ0) is 26.2. The molecule has 0 aliphatic carbocycles. The van der Waals surface area contributed by atoms with Crippen molar-refractivity contribution in [3.05, 3.63) is 71.9 Å². The molecule has 2 N–H and O–H groups in total. The van der Waals surface area contributed by atoms with Crippen LogP contribution in [-0.2, 0) is 22.5 Å². The van der Waals surface area contributed by atoms with Gasteiger partial charge in [0.25, 0.3) is 5.91 Å². The molecule has 0 spiro atoms. The second kappa shape index (κ2) is 12.9. The number of methoxy groups -OCH3 is 1. The average molecular weight is 505 g/mol. The molecular weight excluding hydrogens is 464 g/mol. The van der Waals surface area contributed by atoms with E-state index in [9.17, 15) is 9.59 Å². The molecule has 1 aliphatic heterocycles. The van der Waals surface area contributed by atoms with E-state index in [-0.39, 0.29) is 29.7 Å². The lowest BCUT2D eigenvalue weighted by molar-refractivity contribution is -0.120. The van der Waals surface area contributed by atoms with Gasteiger partial charge < -0.3 is 24.8 Å². The van der Waals surface area contributed by atoms with Crippen molar-refractivity contribution < 1.29 is 14.3 Å². The number of nitrogens with one attached hydrogen (secondary N) is 2. The second-order valence-corrected chi connectivity index (χ2v) is 10.3. The van der Waals surface area contributed by atoms with Gasteiger partial charge in [0.2, 0.25) is 5.91 Å². The van der Waals surface area contributed by atoms with E-state index in [0.717, 1.165) is 42.5 Å². The van der Waals surface area contributed by atoms with Crippen molar-refractivity contribution in [3.8, 4) is 0 Å². The Morgan fingerprint density at radius 2 is 1.89 bits per heavy atom. The fourth-order valence-corrected chi connectivity index (χ4v) is 5.17. The fourth-order valence-electron chi connectivity index (χ4n) is 5.17. The lowest BCUT2D eigenvalue weighted by atomic mass is 9.94. The van der Waals surface area contributed by atoms with Crippen molar-refractivity contribution in [1.29, 1.82) is 0 Å². The summed E-state index contributed by atoms with van der Waals surface area (Å²) < 4.78 is 7.39. The second-order valence-electron chi connectivity index (χ2n) is 10.3. The molecule has 37 heavy (non-hydrogen) atoms. The summed E-state index contributed by atoms with van der Waals surface area (Å²) in [5.74, 6) is 0.662. The van der Waals surface area contributed by atoms with Gasteiger partial charge in [-0.1, -0.05) is 36.4 Å². The minimum atomic E-state index is 0.0374. The highest BCUT2D eigenvalue weighted by molar-refractivity contribution is 5.98. The molecule has 198 valence electrons. The number of hydrogen-bond acceptors (Lipinski definition) is 4. The highest BCUT2D eigenvalue weighted by Gasteiger charge is 2.31. The predicted octanol–water partition coefficient (Wildman–Crippen LogP) is 3.72. The van der Waals surface area contributed by atoms with Crippen LogP contribution in [0.5, 0.6) is 0 Å². The van der Waals surface area contributed by atoms with E-state index >= 15 is 0 Å². The topological polar surface area (TPSA) is 75.6 Å². The summed E-state index contributed by atoms with van der Waals surface area (Å²) in [5, 5.41) is 7.72. The standard InChI is InChI=1S/C30H40N4O3/c1-22(2)34(30(36)25-11-10-24-12-14-33(28(24)17-25)13-7-15-37-3)21-27-19-31-18-26(27)20-32-29(35)16-23-8-5-4-6-9-23/h4-6,8-12,14,17,22,26-27,31H,7,13,15-16,18-21H2,1-3H3,(H,32,35)/t26-,27-/m0/s1. The summed E-state index contributed by atoms with van der Waals surface area (Å²) in [5.41, 5.74) is 2.80. The van der Waals surface area contributed by atoms with Crippen molar-refractivity contribution >= 4 is 22.7 Å². The molecule has 1 fully saturated rings. The predicted molar refractivity (Wildman–Crippen MR) is 148 cm³/mol. The van der Waals surface area contributed by atoms with E-state index in [2.05, 4.69) is 41.3 Å². The molecule has 7 nitrogen and oxygen atoms in total. The van der Waals surface area contributed by atoms with Gasteiger partial charge in [0.15, 0.2) is 0 Å². The van der Waals surface area contributed by atoms with Crippen LogP contribution >= 0.6 is 0 Å². The van der Waals surface area contributed by atoms with Gasteiger partial charge in [-0.3, -0.25) is 9.59 Å². The lowest BCUT2D eigenvalue weighted by Gasteiger charge is -2.31. The fraction of sp³-hybridized carbons (Fsp3) is 0.467. The molecule has 2 aromatic carbocycles. The van der Waals surface area contributed by atoms with Crippen molar-refractivity contribution in [1.82, 2.24) is 20.1 Å². The number of rotatable bonds is 12. The first-order valence-electron chi connectivity index (χ1n) is 13.4. The Kier molecular flexibility index (Phi) is 9.36. The number of ether oxygens (including phenoxy) is 1. The van der Waals surface area contributed by atoms with E-state index in [0.29, 0.717) is 31.7 Å². The number of carbonyl (C=O) groups is 2. The smallest absolute Gasteiger partial charge is 0.254 e. The summed E-state index contributed by atoms with van der Waals surface area (Å²) in [6.07, 6.45) is 3.39. The van der Waals surface area contributed by atoms with E-state index in [4.69, 9.17) is 4.74 Å². The van der Waals surface area contributed by atoms with Crippen LogP contribution in [0.1, 0.15) is 36.2 Å². The molecule has 4 rings (SSSR count). The Morgan fingerprint density at radius 1 is 1.11 bits per heavy atom. The molecule has 1 aliphatic rings. The first-order valence-corrected chi connectivity index (χ1v) is 13.4. The van der Waals surface area contributed by atoms with Crippen molar-refractivity contribution in [2.45, 2.75) is 39.3 Å². The number of nitrogens with zero attached hydrogens (tertiary/aromatic N) is 2. The van der Waals surface area contributed by atoms with E-state index < -0.39 is 0 Å². The van der Waals surface area contributed by atoms with Crippen LogP contribution in [0.4, 0.5) is 0 Å². The van der Waals surface area contributed by atoms with Gasteiger partial charge >= 0.3 is 0 Å². The third kappa shape index (κ3) is 6.99. The monoisotopic (exact) mass is 504 g/mol. The first kappa shape index (κ1) is 26.9. The average Bonchev–Trinajstić information content (AvgIpc) is 3.52. The molecule has 2 atom stereocenters. The van der Waals surface area contributed by atoms with Crippen LogP contribution in [0.2, 0.25) is 0 Å². The quantitative estimate of drug-likeness (QED) is 0.369. The van der Waals surface area contributed by atoms with Crippen molar-refractivity contribution in [2.75, 3.05) is 39.9 Å². The van der Waals surface area contributed by atoms with E-state index in [1.165, 1.54) is 0 Å². The number of amides is 2. The summed E-state index contributed by atoms with van der Waals surface area (Å²) in [6, 6.07) is 18.0. The van der Waals surface area contributed by atoms with Crippen LogP contribution in [0.25, 0.3) is 10.9 Å². The van der Waals surface area contributed by atoms with Crippen LogP contribution in [-0.4, -0.2) is 67.2 Å². The Morgan fingerprint density at radius 3 is 2.65 bits per heavy atom. The highest BCUT2D eigenvalue weighted by Crippen LogP contribution is 2.23. The Labute approximate surface area is 220 Å². The molecule has 0 unspecified atom stereocenters. The zero-order valence-corrected chi connectivity index (χ0v) is 22.3. The molecule has 1 saturated heterocycles. The molecule has 3 aromatic rings. The Balaban J connectivity index is 1.39. The van der Waals surface area contributed by atoms with E-state index in [1.54, 1.807) is 7.11 Å². The normalized spacial score (nSPS) is 17.4. The Hall–Kier alpha value is -3.16. The van der Waals surface area contributed by atoms with Crippen LogP contribution < -0.4 is 10.6 Å². The first-order chi connectivity index (χ1) is 18.0. The van der Waals surface area contributed by atoms with Crippen LogP contribution in [0.15, 0.2) is 60.8 Å². The SMILES string of the molecule is COCCCn1ccc2ccc(C(=O)N(C[C@@H]3CNC[C@H]3CNC(=O)Cc3ccccc3)C(C)C)cc21. The molecule has 7 heteroatoms. The number of benzene rings is 2. The number of fused-ring (bicyclic) bond motifs is 1. The van der Waals surface area contributed by atoms with Crippen LogP contribution in [0, 0.1) is 11.8 Å². The Bertz CT molecular complexity index is 1170. The van der Waals surface area contributed by atoms with Gasteiger partial charge in [-0.05, 0) is 61.3 Å². The summed E-state index contributed by atoms with van der Waals surface area (Å²) in [6.45, 7) is 8.68. The zero-order valence-electron chi connectivity index (χ0n) is 22.3. The van der Waals surface area contributed by atoms with E-state index in [1.807, 2.05) is 53.4 Å². The number of hydrogen-bond donors (Lipinski definition) is 2. The minimum Gasteiger partial charge on any atom is -0.385 e. The van der Waals surface area contributed by atoms with Gasteiger partial charge in [0, 0.05) is 69.8 Å². The summed E-state index contributed by atoms with van der Waals surface area (Å²) >= 11 is 0. The van der Waals surface area contributed by atoms with Crippen LogP contribution in [0.3, 0.4) is 0 Å². The van der Waals surface area contributed by atoms with Gasteiger partial charge in [0.05, 0.1) is 6.42 Å². The molecule has 0 saturated carbocycles. The molecular formula is C30H40N4O3. The third-order valence-corrected chi connectivity index (χ3v) is 7.33. The van der Waals surface area contributed by atoms with Crippen molar-refractivity contribution in [3.63, 3.8) is 0 Å².